The first-order valence-corrected chi connectivity index (χ1v) is 7.99. The van der Waals surface area contributed by atoms with E-state index in [9.17, 15) is 5.11 Å². The third-order valence-corrected chi connectivity index (χ3v) is 3.82. The van der Waals surface area contributed by atoms with Crippen LogP contribution in [0.4, 0.5) is 0 Å². The molecule has 1 fully saturated rings. The maximum Gasteiger partial charge on any atom is 0.204 e. The minimum Gasteiger partial charge on any atom is -0.390 e. The molecule has 3 atom stereocenters. The Hall–Kier alpha value is -1.83. The largest absolute Gasteiger partial charge is 0.390 e. The van der Waals surface area contributed by atoms with Gasteiger partial charge in [-0.1, -0.05) is 30.3 Å². The van der Waals surface area contributed by atoms with Gasteiger partial charge >= 0.3 is 0 Å². The predicted molar refractivity (Wildman–Crippen MR) is 85.7 cm³/mol. The molecule has 23 heavy (non-hydrogen) atoms. The van der Waals surface area contributed by atoms with Crippen LogP contribution in [0.3, 0.4) is 0 Å². The number of tetrazole rings is 1. The molecule has 0 bridgehead atoms. The lowest BCUT2D eigenvalue weighted by Crippen LogP contribution is -2.48. The Morgan fingerprint density at radius 3 is 2.57 bits per heavy atom. The summed E-state index contributed by atoms with van der Waals surface area (Å²) in [6.07, 6.45) is -0.148. The molecule has 2 aromatic rings. The van der Waals surface area contributed by atoms with Gasteiger partial charge in [-0.25, -0.2) is 0 Å². The summed E-state index contributed by atoms with van der Waals surface area (Å²) in [5.41, 5.74) is 0.920. The maximum atomic E-state index is 10.3. The molecule has 2 heterocycles. The molecule has 1 aliphatic heterocycles. The number of aliphatic hydroxyl groups is 1. The van der Waals surface area contributed by atoms with Crippen molar-refractivity contribution >= 4 is 0 Å². The zero-order valence-corrected chi connectivity index (χ0v) is 13.5. The molecule has 7 heteroatoms. The number of benzene rings is 1. The van der Waals surface area contributed by atoms with Crippen LogP contribution >= 0.6 is 0 Å². The molecule has 1 aliphatic rings. The Kier molecular flexibility index (Phi) is 5.00. The second-order valence-corrected chi connectivity index (χ2v) is 6.16. The molecule has 0 amide bonds. The van der Waals surface area contributed by atoms with Crippen LogP contribution in [0.15, 0.2) is 30.3 Å². The summed E-state index contributed by atoms with van der Waals surface area (Å²) in [4.78, 5) is 3.68. The van der Waals surface area contributed by atoms with Gasteiger partial charge in [0.05, 0.1) is 24.9 Å². The average molecular weight is 317 g/mol. The first kappa shape index (κ1) is 16.0. The zero-order chi connectivity index (χ0) is 16.2. The third-order valence-electron chi connectivity index (χ3n) is 3.82. The van der Waals surface area contributed by atoms with Gasteiger partial charge in [-0.05, 0) is 19.1 Å². The van der Waals surface area contributed by atoms with E-state index in [2.05, 4.69) is 34.2 Å². The van der Waals surface area contributed by atoms with Crippen LogP contribution < -0.4 is 0 Å². The van der Waals surface area contributed by atoms with Crippen molar-refractivity contribution in [3.05, 3.63) is 30.3 Å². The maximum absolute atomic E-state index is 10.3. The summed E-state index contributed by atoms with van der Waals surface area (Å²) < 4.78 is 5.71. The fourth-order valence-corrected chi connectivity index (χ4v) is 3.00. The van der Waals surface area contributed by atoms with E-state index >= 15 is 0 Å². The van der Waals surface area contributed by atoms with Crippen molar-refractivity contribution in [3.8, 4) is 11.4 Å². The van der Waals surface area contributed by atoms with Gasteiger partial charge in [0.25, 0.3) is 0 Å². The van der Waals surface area contributed by atoms with E-state index in [0.717, 1.165) is 18.7 Å². The van der Waals surface area contributed by atoms with E-state index < -0.39 is 6.10 Å². The summed E-state index contributed by atoms with van der Waals surface area (Å²) in [6, 6.07) is 9.70. The van der Waals surface area contributed by atoms with E-state index in [1.54, 1.807) is 0 Å². The number of hydrogen-bond donors (Lipinski definition) is 1. The van der Waals surface area contributed by atoms with Gasteiger partial charge in [-0.15, -0.1) is 10.2 Å². The fourth-order valence-electron chi connectivity index (χ4n) is 3.00. The average Bonchev–Trinajstić information content (AvgIpc) is 2.95. The molecule has 1 saturated heterocycles. The van der Waals surface area contributed by atoms with E-state index in [4.69, 9.17) is 4.74 Å². The van der Waals surface area contributed by atoms with Crippen molar-refractivity contribution in [2.75, 3.05) is 19.6 Å². The lowest BCUT2D eigenvalue weighted by atomic mass is 10.2. The lowest BCUT2D eigenvalue weighted by molar-refractivity contribution is -0.0776. The second kappa shape index (κ2) is 7.16. The quantitative estimate of drug-likeness (QED) is 0.879. The van der Waals surface area contributed by atoms with Crippen LogP contribution in [0.2, 0.25) is 0 Å². The van der Waals surface area contributed by atoms with E-state index in [-0.39, 0.29) is 12.2 Å². The lowest BCUT2D eigenvalue weighted by Gasteiger charge is -2.36. The highest BCUT2D eigenvalue weighted by molar-refractivity contribution is 5.52. The van der Waals surface area contributed by atoms with Crippen LogP contribution in [0.1, 0.15) is 13.8 Å². The van der Waals surface area contributed by atoms with Crippen molar-refractivity contribution < 1.29 is 9.84 Å². The van der Waals surface area contributed by atoms with Crippen molar-refractivity contribution in [1.82, 2.24) is 25.1 Å². The Balaban J connectivity index is 1.56. The number of ether oxygens (including phenoxy) is 1. The van der Waals surface area contributed by atoms with Gasteiger partial charge in [0.15, 0.2) is 0 Å². The minimum atomic E-state index is -0.537. The van der Waals surface area contributed by atoms with E-state index in [1.165, 1.54) is 4.80 Å². The molecule has 1 aromatic carbocycles. The number of nitrogens with zero attached hydrogens (tertiary/aromatic N) is 5. The minimum absolute atomic E-state index is 0.195. The van der Waals surface area contributed by atoms with E-state index in [0.29, 0.717) is 18.9 Å². The number of β-amino-alcohol motifs (C(OH)–C–C–N with tert-alkyl or cyclic N) is 1. The Morgan fingerprint density at radius 2 is 1.87 bits per heavy atom. The van der Waals surface area contributed by atoms with Gasteiger partial charge < -0.3 is 9.84 Å². The van der Waals surface area contributed by atoms with Crippen LogP contribution in [0.25, 0.3) is 11.4 Å². The molecule has 0 saturated carbocycles. The Morgan fingerprint density at radius 1 is 1.17 bits per heavy atom. The first-order valence-electron chi connectivity index (χ1n) is 7.99. The number of hydrogen-bond acceptors (Lipinski definition) is 6. The monoisotopic (exact) mass is 317 g/mol. The fraction of sp³-hybridized carbons (Fsp3) is 0.562. The number of aromatic nitrogens is 4. The Labute approximate surface area is 135 Å². The van der Waals surface area contributed by atoms with Gasteiger partial charge in [0, 0.05) is 25.2 Å². The number of rotatable bonds is 5. The molecular weight excluding hydrogens is 294 g/mol. The van der Waals surface area contributed by atoms with E-state index in [1.807, 2.05) is 30.3 Å². The topological polar surface area (TPSA) is 76.3 Å². The molecular formula is C16H23N5O2. The van der Waals surface area contributed by atoms with Crippen LogP contribution in [-0.2, 0) is 11.3 Å². The summed E-state index contributed by atoms with van der Waals surface area (Å²) in [7, 11) is 0. The normalized spacial score (nSPS) is 23.8. The number of morpholine rings is 1. The van der Waals surface area contributed by atoms with Crippen LogP contribution in [0.5, 0.6) is 0 Å². The highest BCUT2D eigenvalue weighted by Crippen LogP contribution is 2.13. The Bertz CT molecular complexity index is 608. The summed E-state index contributed by atoms with van der Waals surface area (Å²) in [6.45, 7) is 6.70. The van der Waals surface area contributed by atoms with Gasteiger partial charge in [0.1, 0.15) is 0 Å². The van der Waals surface area contributed by atoms with Crippen molar-refractivity contribution in [3.63, 3.8) is 0 Å². The predicted octanol–water partition coefficient (Wildman–Crippen LogP) is 0.810. The summed E-state index contributed by atoms with van der Waals surface area (Å²) >= 11 is 0. The molecule has 0 spiro atoms. The molecule has 7 nitrogen and oxygen atoms in total. The van der Waals surface area contributed by atoms with Crippen LogP contribution in [-0.4, -0.2) is 68.2 Å². The molecule has 1 aromatic heterocycles. The zero-order valence-electron chi connectivity index (χ0n) is 13.5. The molecule has 0 radical (unpaired) electrons. The highest BCUT2D eigenvalue weighted by atomic mass is 16.5. The molecule has 0 aliphatic carbocycles. The standard InChI is InChI=1S/C16H23N5O2/c1-12-8-20(9-13(2)23-12)10-15(22)11-21-18-16(17-19-21)14-6-4-3-5-7-14/h3-7,12-13,15,22H,8-11H2,1-2H3. The van der Waals surface area contributed by atoms with Crippen LogP contribution in [0, 0.1) is 0 Å². The molecule has 3 unspecified atom stereocenters. The molecule has 3 rings (SSSR count). The first-order chi connectivity index (χ1) is 11.1. The molecule has 124 valence electrons. The third kappa shape index (κ3) is 4.34. The smallest absolute Gasteiger partial charge is 0.204 e. The van der Waals surface area contributed by atoms with Crippen molar-refractivity contribution in [1.29, 1.82) is 0 Å². The molecule has 1 N–H and O–H groups in total. The highest BCUT2D eigenvalue weighted by Gasteiger charge is 2.24. The SMILES string of the molecule is CC1CN(CC(O)Cn2nnc(-c3ccccc3)n2)CC(C)O1. The number of aliphatic hydroxyl groups excluding tert-OH is 1. The van der Waals surface area contributed by atoms with Gasteiger partial charge in [0.2, 0.25) is 5.82 Å². The summed E-state index contributed by atoms with van der Waals surface area (Å²) in [5.74, 6) is 0.575. The second-order valence-electron chi connectivity index (χ2n) is 6.16. The summed E-state index contributed by atoms with van der Waals surface area (Å²) in [5, 5.41) is 22.7. The van der Waals surface area contributed by atoms with Crippen molar-refractivity contribution in [2.45, 2.75) is 38.7 Å². The van der Waals surface area contributed by atoms with Gasteiger partial charge in [-0.2, -0.15) is 4.80 Å². The van der Waals surface area contributed by atoms with Crippen molar-refractivity contribution in [2.24, 2.45) is 0 Å². The van der Waals surface area contributed by atoms with Gasteiger partial charge in [-0.3, -0.25) is 4.90 Å².